The number of aromatic nitrogens is 2. The summed E-state index contributed by atoms with van der Waals surface area (Å²) in [5.41, 5.74) is 0.427. The molecule has 0 amide bonds. The van der Waals surface area contributed by atoms with Crippen molar-refractivity contribution in [1.29, 1.82) is 0 Å². The Morgan fingerprint density at radius 1 is 1.00 bits per heavy atom. The van der Waals surface area contributed by atoms with Crippen LogP contribution in [0.1, 0.15) is 0 Å². The van der Waals surface area contributed by atoms with Crippen molar-refractivity contribution >= 4 is 11.6 Å². The topological polar surface area (TPSA) is 59.2 Å². The standard InChI is InChI=1S/C14H7ClF2N2O2/c15-11-6-8(17)1-3-9(11)13-18-14(21-19-13)10-5-7(16)2-4-12(10)20/h1-6,20H. The van der Waals surface area contributed by atoms with Crippen molar-refractivity contribution in [1.82, 2.24) is 10.1 Å². The third-order valence-electron chi connectivity index (χ3n) is 2.79. The first-order valence-electron chi connectivity index (χ1n) is 5.82. The van der Waals surface area contributed by atoms with E-state index in [2.05, 4.69) is 10.1 Å². The lowest BCUT2D eigenvalue weighted by Crippen LogP contribution is -1.85. The van der Waals surface area contributed by atoms with Gasteiger partial charge in [-0.1, -0.05) is 16.8 Å². The molecule has 0 aliphatic heterocycles. The minimum atomic E-state index is -0.553. The van der Waals surface area contributed by atoms with Crippen molar-refractivity contribution < 1.29 is 18.4 Å². The molecular weight excluding hydrogens is 302 g/mol. The quantitative estimate of drug-likeness (QED) is 0.776. The lowest BCUT2D eigenvalue weighted by Gasteiger charge is -1.99. The van der Waals surface area contributed by atoms with Crippen molar-refractivity contribution in [3.63, 3.8) is 0 Å². The minimum absolute atomic E-state index is 0.0620. The maximum absolute atomic E-state index is 13.2. The zero-order chi connectivity index (χ0) is 15.0. The van der Waals surface area contributed by atoms with Crippen LogP contribution >= 0.6 is 11.6 Å². The van der Waals surface area contributed by atoms with Gasteiger partial charge in [0.2, 0.25) is 5.82 Å². The molecule has 3 aromatic rings. The Bertz CT molecular complexity index is 820. The normalized spacial score (nSPS) is 10.8. The van der Waals surface area contributed by atoms with E-state index < -0.39 is 11.6 Å². The van der Waals surface area contributed by atoms with E-state index in [1.54, 1.807) is 0 Å². The maximum atomic E-state index is 13.2. The van der Waals surface area contributed by atoms with Crippen molar-refractivity contribution in [3.8, 4) is 28.6 Å². The molecule has 2 aromatic carbocycles. The Labute approximate surface area is 122 Å². The Morgan fingerprint density at radius 3 is 2.48 bits per heavy atom. The van der Waals surface area contributed by atoms with E-state index in [9.17, 15) is 13.9 Å². The highest BCUT2D eigenvalue weighted by molar-refractivity contribution is 6.33. The van der Waals surface area contributed by atoms with Gasteiger partial charge in [-0.05, 0) is 36.4 Å². The first-order valence-corrected chi connectivity index (χ1v) is 6.20. The number of phenolic OH excluding ortho intramolecular Hbond substituents is 1. The zero-order valence-electron chi connectivity index (χ0n) is 10.3. The molecule has 3 rings (SSSR count). The molecule has 0 radical (unpaired) electrons. The second-order valence-electron chi connectivity index (χ2n) is 4.21. The van der Waals surface area contributed by atoms with Gasteiger partial charge in [-0.3, -0.25) is 0 Å². The van der Waals surface area contributed by atoms with Gasteiger partial charge in [-0.25, -0.2) is 8.78 Å². The first-order chi connectivity index (χ1) is 10.0. The molecule has 0 spiro atoms. The molecule has 0 saturated heterocycles. The van der Waals surface area contributed by atoms with Gasteiger partial charge >= 0.3 is 0 Å². The SMILES string of the molecule is Oc1ccc(F)cc1-c1nc(-c2ccc(F)cc2Cl)no1. The number of phenols is 1. The number of rotatable bonds is 2. The molecule has 0 aliphatic rings. The van der Waals surface area contributed by atoms with Crippen LogP contribution in [-0.4, -0.2) is 15.2 Å². The Hall–Kier alpha value is -2.47. The lowest BCUT2D eigenvalue weighted by atomic mass is 10.2. The van der Waals surface area contributed by atoms with Gasteiger partial charge in [0.15, 0.2) is 0 Å². The number of aromatic hydroxyl groups is 1. The summed E-state index contributed by atoms with van der Waals surface area (Å²) in [4.78, 5) is 4.03. The van der Waals surface area contributed by atoms with E-state index in [1.807, 2.05) is 0 Å². The average Bonchev–Trinajstić information content (AvgIpc) is 2.91. The number of hydrogen-bond donors (Lipinski definition) is 1. The molecule has 0 fully saturated rings. The fourth-order valence-electron chi connectivity index (χ4n) is 1.79. The molecule has 7 heteroatoms. The van der Waals surface area contributed by atoms with Gasteiger partial charge in [0, 0.05) is 5.56 Å². The van der Waals surface area contributed by atoms with Gasteiger partial charge in [-0.2, -0.15) is 4.98 Å². The van der Waals surface area contributed by atoms with Crippen LogP contribution in [0.25, 0.3) is 22.8 Å². The summed E-state index contributed by atoms with van der Waals surface area (Å²) < 4.78 is 31.2. The highest BCUT2D eigenvalue weighted by atomic mass is 35.5. The van der Waals surface area contributed by atoms with E-state index in [4.69, 9.17) is 16.1 Å². The molecule has 0 aliphatic carbocycles. The van der Waals surface area contributed by atoms with Crippen LogP contribution in [0.2, 0.25) is 5.02 Å². The van der Waals surface area contributed by atoms with Gasteiger partial charge in [-0.15, -0.1) is 0 Å². The Balaban J connectivity index is 2.06. The summed E-state index contributed by atoms with van der Waals surface area (Å²) in [7, 11) is 0. The summed E-state index contributed by atoms with van der Waals surface area (Å²) in [5.74, 6) is -1.20. The van der Waals surface area contributed by atoms with E-state index in [0.29, 0.717) is 5.56 Å². The molecule has 0 bridgehead atoms. The highest BCUT2D eigenvalue weighted by Gasteiger charge is 2.16. The Morgan fingerprint density at radius 2 is 1.71 bits per heavy atom. The summed E-state index contributed by atoms with van der Waals surface area (Å²) in [6.45, 7) is 0. The first kappa shape index (κ1) is 13.5. The molecular formula is C14H7ClF2N2O2. The van der Waals surface area contributed by atoms with Crippen LogP contribution in [0.3, 0.4) is 0 Å². The van der Waals surface area contributed by atoms with E-state index >= 15 is 0 Å². The molecule has 106 valence electrons. The van der Waals surface area contributed by atoms with Gasteiger partial charge in [0.25, 0.3) is 5.89 Å². The molecule has 21 heavy (non-hydrogen) atoms. The molecule has 1 heterocycles. The van der Waals surface area contributed by atoms with Crippen LogP contribution in [-0.2, 0) is 0 Å². The van der Waals surface area contributed by atoms with E-state index in [0.717, 1.165) is 18.2 Å². The summed E-state index contributed by atoms with van der Waals surface area (Å²) in [6, 6.07) is 7.08. The largest absolute Gasteiger partial charge is 0.507 e. The number of benzene rings is 2. The maximum Gasteiger partial charge on any atom is 0.262 e. The smallest absolute Gasteiger partial charge is 0.262 e. The monoisotopic (exact) mass is 308 g/mol. The predicted molar refractivity (Wildman–Crippen MR) is 71.8 cm³/mol. The van der Waals surface area contributed by atoms with E-state index in [-0.39, 0.29) is 28.1 Å². The van der Waals surface area contributed by atoms with Gasteiger partial charge in [0.05, 0.1) is 10.6 Å². The number of nitrogens with zero attached hydrogens (tertiary/aromatic N) is 2. The molecule has 0 unspecified atom stereocenters. The van der Waals surface area contributed by atoms with Crippen LogP contribution in [0.5, 0.6) is 5.75 Å². The Kier molecular flexibility index (Phi) is 3.31. The van der Waals surface area contributed by atoms with Crippen LogP contribution in [0.15, 0.2) is 40.9 Å². The second-order valence-corrected chi connectivity index (χ2v) is 4.62. The number of hydrogen-bond acceptors (Lipinski definition) is 4. The van der Waals surface area contributed by atoms with Crippen LogP contribution < -0.4 is 0 Å². The fourth-order valence-corrected chi connectivity index (χ4v) is 2.04. The van der Waals surface area contributed by atoms with Crippen molar-refractivity contribution in [2.24, 2.45) is 0 Å². The van der Waals surface area contributed by atoms with Crippen LogP contribution in [0.4, 0.5) is 8.78 Å². The zero-order valence-corrected chi connectivity index (χ0v) is 11.1. The predicted octanol–water partition coefficient (Wildman–Crippen LogP) is 4.04. The lowest BCUT2D eigenvalue weighted by molar-refractivity contribution is 0.425. The summed E-state index contributed by atoms with van der Waals surface area (Å²) >= 11 is 5.90. The number of halogens is 3. The highest BCUT2D eigenvalue weighted by Crippen LogP contribution is 2.32. The van der Waals surface area contributed by atoms with Crippen LogP contribution in [0, 0.1) is 11.6 Å². The molecule has 1 aromatic heterocycles. The molecule has 0 saturated carbocycles. The second kappa shape index (κ2) is 5.14. The van der Waals surface area contributed by atoms with Gasteiger partial charge in [0.1, 0.15) is 17.4 Å². The van der Waals surface area contributed by atoms with Crippen molar-refractivity contribution in [3.05, 3.63) is 53.1 Å². The molecule has 1 N–H and O–H groups in total. The molecule has 4 nitrogen and oxygen atoms in total. The average molecular weight is 309 g/mol. The summed E-state index contributed by atoms with van der Waals surface area (Å²) in [6.07, 6.45) is 0. The third-order valence-corrected chi connectivity index (χ3v) is 3.10. The van der Waals surface area contributed by atoms with Gasteiger partial charge < -0.3 is 9.63 Å². The van der Waals surface area contributed by atoms with Crippen molar-refractivity contribution in [2.45, 2.75) is 0 Å². The fraction of sp³-hybridized carbons (Fsp3) is 0. The molecule has 0 atom stereocenters. The third kappa shape index (κ3) is 2.57. The van der Waals surface area contributed by atoms with E-state index in [1.165, 1.54) is 18.2 Å². The minimum Gasteiger partial charge on any atom is -0.507 e. The van der Waals surface area contributed by atoms with Crippen molar-refractivity contribution in [2.75, 3.05) is 0 Å². The summed E-state index contributed by atoms with van der Waals surface area (Å²) in [5, 5.41) is 13.5.